The average Bonchev–Trinajstić information content (AvgIpc) is 2.93. The Bertz CT molecular complexity index is 914. The van der Waals surface area contributed by atoms with E-state index in [1.54, 1.807) is 54.6 Å². The summed E-state index contributed by atoms with van der Waals surface area (Å²) in [5, 5.41) is 4.86. The summed E-state index contributed by atoms with van der Waals surface area (Å²) < 4.78 is 5.56. The van der Waals surface area contributed by atoms with Crippen LogP contribution in [0.4, 0.5) is 10.5 Å². The van der Waals surface area contributed by atoms with Gasteiger partial charge in [-0.05, 0) is 36.0 Å². The van der Waals surface area contributed by atoms with Gasteiger partial charge in [-0.1, -0.05) is 41.9 Å². The molecule has 0 unspecified atom stereocenters. The highest BCUT2D eigenvalue weighted by molar-refractivity contribution is 8.18. The molecule has 132 valence electrons. The van der Waals surface area contributed by atoms with Gasteiger partial charge in [-0.3, -0.25) is 19.7 Å². The molecule has 1 aliphatic rings. The normalized spacial score (nSPS) is 15.0. The fraction of sp³-hybridized carbons (Fsp3) is 0.0556. The molecule has 1 saturated heterocycles. The summed E-state index contributed by atoms with van der Waals surface area (Å²) in [6, 6.07) is 13.8. The molecule has 2 N–H and O–H groups in total. The van der Waals surface area contributed by atoms with E-state index in [1.807, 2.05) is 0 Å². The van der Waals surface area contributed by atoms with Crippen LogP contribution in [-0.2, 0) is 9.59 Å². The Labute approximate surface area is 158 Å². The molecule has 2 aromatic carbocycles. The SMILES string of the molecule is O=C(COc1ccccc1/C=C1\SC(=O)NC1=O)Nc1ccccc1Cl. The molecule has 3 amide bonds. The van der Waals surface area contributed by atoms with Gasteiger partial charge in [-0.15, -0.1) is 0 Å². The zero-order valence-corrected chi connectivity index (χ0v) is 14.9. The van der Waals surface area contributed by atoms with E-state index in [1.165, 1.54) is 0 Å². The Hall–Kier alpha value is -2.77. The predicted octanol–water partition coefficient (Wildman–Crippen LogP) is 3.68. The second-order valence-electron chi connectivity index (χ2n) is 5.21. The average molecular weight is 389 g/mol. The molecule has 0 aliphatic carbocycles. The van der Waals surface area contributed by atoms with Gasteiger partial charge < -0.3 is 10.1 Å². The second-order valence-corrected chi connectivity index (χ2v) is 6.63. The van der Waals surface area contributed by atoms with Gasteiger partial charge in [0.25, 0.3) is 17.1 Å². The van der Waals surface area contributed by atoms with Crippen LogP contribution in [-0.4, -0.2) is 23.7 Å². The molecule has 26 heavy (non-hydrogen) atoms. The van der Waals surface area contributed by atoms with Crippen molar-refractivity contribution in [3.8, 4) is 5.75 Å². The molecule has 2 aromatic rings. The first-order chi connectivity index (χ1) is 12.5. The minimum atomic E-state index is -0.453. The van der Waals surface area contributed by atoms with E-state index in [2.05, 4.69) is 10.6 Å². The van der Waals surface area contributed by atoms with Crippen LogP contribution < -0.4 is 15.4 Å². The lowest BCUT2D eigenvalue weighted by atomic mass is 10.2. The number of ether oxygens (including phenoxy) is 1. The fourth-order valence-corrected chi connectivity index (χ4v) is 3.04. The van der Waals surface area contributed by atoms with Crippen LogP contribution in [0.1, 0.15) is 5.56 Å². The Kier molecular flexibility index (Phi) is 5.60. The number of thioether (sulfide) groups is 1. The maximum atomic E-state index is 12.1. The molecule has 6 nitrogen and oxygen atoms in total. The first kappa shape index (κ1) is 18.0. The topological polar surface area (TPSA) is 84.5 Å². The summed E-state index contributed by atoms with van der Waals surface area (Å²) in [6.45, 7) is -0.232. The Morgan fingerprint density at radius 2 is 1.88 bits per heavy atom. The van der Waals surface area contributed by atoms with Gasteiger partial charge >= 0.3 is 0 Å². The Balaban J connectivity index is 1.68. The Morgan fingerprint density at radius 1 is 1.15 bits per heavy atom. The molecule has 1 fully saturated rings. The number of anilines is 1. The number of hydrogen-bond acceptors (Lipinski definition) is 5. The van der Waals surface area contributed by atoms with Gasteiger partial charge in [0.05, 0.1) is 15.6 Å². The smallest absolute Gasteiger partial charge is 0.290 e. The number of halogens is 1. The van der Waals surface area contributed by atoms with E-state index in [0.717, 1.165) is 11.8 Å². The molecule has 1 heterocycles. The number of nitrogens with one attached hydrogen (secondary N) is 2. The van der Waals surface area contributed by atoms with E-state index in [9.17, 15) is 14.4 Å². The molecule has 3 rings (SSSR count). The van der Waals surface area contributed by atoms with Gasteiger partial charge in [-0.25, -0.2) is 0 Å². The van der Waals surface area contributed by atoms with Gasteiger partial charge in [0.15, 0.2) is 6.61 Å². The number of para-hydroxylation sites is 2. The highest BCUT2D eigenvalue weighted by atomic mass is 35.5. The zero-order valence-electron chi connectivity index (χ0n) is 13.3. The Morgan fingerprint density at radius 3 is 2.62 bits per heavy atom. The molecule has 0 radical (unpaired) electrons. The van der Waals surface area contributed by atoms with Crippen molar-refractivity contribution in [1.29, 1.82) is 0 Å². The highest BCUT2D eigenvalue weighted by Gasteiger charge is 2.25. The van der Waals surface area contributed by atoms with Crippen molar-refractivity contribution in [2.75, 3.05) is 11.9 Å². The molecule has 0 atom stereocenters. The van der Waals surface area contributed by atoms with Gasteiger partial charge in [0.2, 0.25) is 0 Å². The van der Waals surface area contributed by atoms with E-state index >= 15 is 0 Å². The van der Waals surface area contributed by atoms with Crippen molar-refractivity contribution in [3.63, 3.8) is 0 Å². The monoisotopic (exact) mass is 388 g/mol. The fourth-order valence-electron chi connectivity index (χ4n) is 2.19. The van der Waals surface area contributed by atoms with Gasteiger partial charge in [0.1, 0.15) is 5.75 Å². The van der Waals surface area contributed by atoms with Crippen molar-refractivity contribution in [1.82, 2.24) is 5.32 Å². The molecular weight excluding hydrogens is 376 g/mol. The number of imide groups is 1. The first-order valence-electron chi connectivity index (χ1n) is 7.54. The van der Waals surface area contributed by atoms with Crippen LogP contribution in [0.25, 0.3) is 6.08 Å². The van der Waals surface area contributed by atoms with Crippen LogP contribution in [0.5, 0.6) is 5.75 Å². The molecule has 0 bridgehead atoms. The summed E-state index contributed by atoms with van der Waals surface area (Å²) in [5.41, 5.74) is 1.08. The molecule has 0 saturated carbocycles. The van der Waals surface area contributed by atoms with Crippen molar-refractivity contribution < 1.29 is 19.1 Å². The minimum absolute atomic E-state index is 0.232. The highest BCUT2D eigenvalue weighted by Crippen LogP contribution is 2.29. The van der Waals surface area contributed by atoms with E-state index in [-0.39, 0.29) is 17.4 Å². The number of amides is 3. The molecule has 0 spiro atoms. The maximum Gasteiger partial charge on any atom is 0.290 e. The first-order valence-corrected chi connectivity index (χ1v) is 8.73. The minimum Gasteiger partial charge on any atom is -0.483 e. The molecular formula is C18H13ClN2O4S. The van der Waals surface area contributed by atoms with E-state index in [0.29, 0.717) is 22.0 Å². The van der Waals surface area contributed by atoms with Crippen molar-refractivity contribution in [3.05, 3.63) is 64.0 Å². The number of benzene rings is 2. The summed E-state index contributed by atoms with van der Waals surface area (Å²) in [4.78, 5) is 35.2. The molecule has 1 aliphatic heterocycles. The van der Waals surface area contributed by atoms with Crippen molar-refractivity contribution >= 4 is 52.2 Å². The second kappa shape index (κ2) is 8.07. The van der Waals surface area contributed by atoms with E-state index in [4.69, 9.17) is 16.3 Å². The van der Waals surface area contributed by atoms with E-state index < -0.39 is 11.1 Å². The molecule has 0 aromatic heterocycles. The van der Waals surface area contributed by atoms with Crippen LogP contribution in [0, 0.1) is 0 Å². The molecule has 8 heteroatoms. The van der Waals surface area contributed by atoms with Crippen LogP contribution in [0.15, 0.2) is 53.4 Å². The van der Waals surface area contributed by atoms with Gasteiger partial charge in [0, 0.05) is 5.56 Å². The van der Waals surface area contributed by atoms with Crippen LogP contribution >= 0.6 is 23.4 Å². The van der Waals surface area contributed by atoms with Gasteiger partial charge in [-0.2, -0.15) is 0 Å². The third kappa shape index (κ3) is 4.44. The summed E-state index contributed by atoms with van der Waals surface area (Å²) in [6.07, 6.45) is 1.55. The standard InChI is InChI=1S/C18H13ClN2O4S/c19-12-6-2-3-7-13(12)20-16(22)10-25-14-8-4-1-5-11(14)9-15-17(23)21-18(24)26-15/h1-9H,10H2,(H,20,22)(H,21,23,24)/b15-9-. The van der Waals surface area contributed by atoms with Crippen molar-refractivity contribution in [2.24, 2.45) is 0 Å². The number of carbonyl (C=O) groups excluding carboxylic acids is 3. The summed E-state index contributed by atoms with van der Waals surface area (Å²) in [7, 11) is 0. The lowest BCUT2D eigenvalue weighted by Crippen LogP contribution is -2.20. The number of rotatable bonds is 5. The summed E-state index contributed by atoms with van der Waals surface area (Å²) in [5.74, 6) is -0.406. The maximum absolute atomic E-state index is 12.1. The van der Waals surface area contributed by atoms with Crippen LogP contribution in [0.3, 0.4) is 0 Å². The lowest BCUT2D eigenvalue weighted by molar-refractivity contribution is -0.118. The third-order valence-electron chi connectivity index (χ3n) is 3.35. The predicted molar refractivity (Wildman–Crippen MR) is 101 cm³/mol. The zero-order chi connectivity index (χ0) is 18.5. The van der Waals surface area contributed by atoms with Crippen molar-refractivity contribution in [2.45, 2.75) is 0 Å². The quantitative estimate of drug-likeness (QED) is 0.763. The number of carbonyl (C=O) groups is 3. The largest absolute Gasteiger partial charge is 0.483 e. The lowest BCUT2D eigenvalue weighted by Gasteiger charge is -2.10. The number of hydrogen-bond donors (Lipinski definition) is 2. The van der Waals surface area contributed by atoms with Crippen LogP contribution in [0.2, 0.25) is 5.02 Å². The summed E-state index contributed by atoms with van der Waals surface area (Å²) >= 11 is 6.82. The third-order valence-corrected chi connectivity index (χ3v) is 4.49.